The van der Waals surface area contributed by atoms with Gasteiger partial charge in [0.1, 0.15) is 11.2 Å². The second kappa shape index (κ2) is 11.2. The van der Waals surface area contributed by atoms with E-state index in [4.69, 9.17) is 19.4 Å². The third kappa shape index (κ3) is 4.66. The molecule has 0 radical (unpaired) electrons. The van der Waals surface area contributed by atoms with Gasteiger partial charge in [0.25, 0.3) is 0 Å². The first-order valence-electron chi connectivity index (χ1n) is 15.7. The zero-order chi connectivity index (χ0) is 31.2. The van der Waals surface area contributed by atoms with Crippen LogP contribution in [0.25, 0.3) is 89.1 Å². The van der Waals surface area contributed by atoms with Crippen molar-refractivity contribution >= 4 is 32.7 Å². The number of para-hydroxylation sites is 1. The predicted octanol–water partition coefficient (Wildman–Crippen LogP) is 11.3. The van der Waals surface area contributed by atoms with Crippen LogP contribution in [0.2, 0.25) is 0 Å². The highest BCUT2D eigenvalue weighted by atomic mass is 16.3. The van der Waals surface area contributed by atoms with E-state index in [1.165, 1.54) is 11.1 Å². The van der Waals surface area contributed by atoms with Crippen LogP contribution in [0.5, 0.6) is 0 Å². The standard InChI is InChI=1S/C43H27N3O/c1-4-14-28(15-5-1)31-26-27-35(34-21-11-10-20-33(31)34)42-44-41(30-18-8-3-9-19-30)45-43(46-42)37-24-13-25-38-39(37)36-23-12-22-32(40(36)47-38)29-16-6-2-7-17-29/h1-27H. The lowest BCUT2D eigenvalue weighted by molar-refractivity contribution is 0.670. The van der Waals surface area contributed by atoms with Crippen molar-refractivity contribution in [2.24, 2.45) is 0 Å². The Morgan fingerprint density at radius 3 is 1.51 bits per heavy atom. The smallest absolute Gasteiger partial charge is 0.164 e. The van der Waals surface area contributed by atoms with Crippen molar-refractivity contribution in [2.75, 3.05) is 0 Å². The van der Waals surface area contributed by atoms with Gasteiger partial charge < -0.3 is 4.42 Å². The summed E-state index contributed by atoms with van der Waals surface area (Å²) in [5.41, 5.74) is 8.93. The van der Waals surface area contributed by atoms with E-state index in [2.05, 4.69) is 109 Å². The Balaban J connectivity index is 1.30. The number of hydrogen-bond acceptors (Lipinski definition) is 4. The third-order valence-corrected chi connectivity index (χ3v) is 8.77. The monoisotopic (exact) mass is 601 g/mol. The molecule has 0 saturated carbocycles. The average Bonchev–Trinajstić information content (AvgIpc) is 3.54. The van der Waals surface area contributed by atoms with Gasteiger partial charge >= 0.3 is 0 Å². The van der Waals surface area contributed by atoms with Gasteiger partial charge in [0.15, 0.2) is 17.5 Å². The minimum Gasteiger partial charge on any atom is -0.455 e. The summed E-state index contributed by atoms with van der Waals surface area (Å²) < 4.78 is 6.57. The second-order valence-corrected chi connectivity index (χ2v) is 11.6. The van der Waals surface area contributed by atoms with Gasteiger partial charge in [-0.25, -0.2) is 15.0 Å². The van der Waals surface area contributed by atoms with Gasteiger partial charge in [0.2, 0.25) is 0 Å². The van der Waals surface area contributed by atoms with Crippen molar-refractivity contribution < 1.29 is 4.42 Å². The lowest BCUT2D eigenvalue weighted by Crippen LogP contribution is -2.01. The molecule has 0 unspecified atom stereocenters. The highest BCUT2D eigenvalue weighted by Gasteiger charge is 2.20. The number of furan rings is 1. The molecule has 4 nitrogen and oxygen atoms in total. The maximum Gasteiger partial charge on any atom is 0.164 e. The summed E-state index contributed by atoms with van der Waals surface area (Å²) in [7, 11) is 0. The SMILES string of the molecule is c1ccc(-c2nc(-c3ccc(-c4ccccc4)c4ccccc34)nc(-c3cccc4oc5c(-c6ccccc6)cccc5c34)n2)cc1. The molecule has 0 aliphatic carbocycles. The van der Waals surface area contributed by atoms with E-state index in [9.17, 15) is 0 Å². The van der Waals surface area contributed by atoms with Crippen molar-refractivity contribution in [1.82, 2.24) is 15.0 Å². The Kier molecular flexibility index (Phi) is 6.43. The van der Waals surface area contributed by atoms with E-state index in [1.807, 2.05) is 54.6 Å². The molecule has 2 heterocycles. The molecule has 0 aliphatic heterocycles. The Labute approximate surface area is 271 Å². The maximum absolute atomic E-state index is 6.57. The zero-order valence-corrected chi connectivity index (χ0v) is 25.3. The molecular formula is C43H27N3O. The van der Waals surface area contributed by atoms with Gasteiger partial charge in [-0.3, -0.25) is 0 Å². The molecule has 220 valence electrons. The molecule has 9 aromatic rings. The minimum absolute atomic E-state index is 0.600. The van der Waals surface area contributed by atoms with E-state index in [0.717, 1.165) is 60.5 Å². The van der Waals surface area contributed by atoms with Crippen molar-refractivity contribution in [1.29, 1.82) is 0 Å². The second-order valence-electron chi connectivity index (χ2n) is 11.6. The lowest BCUT2D eigenvalue weighted by Gasteiger charge is -2.13. The first kappa shape index (κ1) is 27.0. The fourth-order valence-electron chi connectivity index (χ4n) is 6.58. The topological polar surface area (TPSA) is 51.8 Å². The van der Waals surface area contributed by atoms with E-state index in [1.54, 1.807) is 0 Å². The van der Waals surface area contributed by atoms with Gasteiger partial charge in [0, 0.05) is 33.0 Å². The van der Waals surface area contributed by atoms with Gasteiger partial charge in [-0.1, -0.05) is 152 Å². The summed E-state index contributed by atoms with van der Waals surface area (Å²) in [4.78, 5) is 15.4. The largest absolute Gasteiger partial charge is 0.455 e. The quantitative estimate of drug-likeness (QED) is 0.197. The first-order valence-corrected chi connectivity index (χ1v) is 15.7. The summed E-state index contributed by atoms with van der Waals surface area (Å²) in [6, 6.07) is 56.2. The highest BCUT2D eigenvalue weighted by Crippen LogP contribution is 2.41. The van der Waals surface area contributed by atoms with Crippen molar-refractivity contribution in [3.63, 3.8) is 0 Å². The summed E-state index contributed by atoms with van der Waals surface area (Å²) >= 11 is 0. The van der Waals surface area contributed by atoms with Crippen LogP contribution in [0.1, 0.15) is 0 Å². The Morgan fingerprint density at radius 2 is 0.809 bits per heavy atom. The van der Waals surface area contributed by atoms with Crippen molar-refractivity contribution in [2.45, 2.75) is 0 Å². The van der Waals surface area contributed by atoms with Crippen molar-refractivity contribution in [3.8, 4) is 56.4 Å². The van der Waals surface area contributed by atoms with Crippen LogP contribution in [0.4, 0.5) is 0 Å². The maximum atomic E-state index is 6.57. The molecule has 47 heavy (non-hydrogen) atoms. The van der Waals surface area contributed by atoms with Crippen LogP contribution >= 0.6 is 0 Å². The zero-order valence-electron chi connectivity index (χ0n) is 25.3. The van der Waals surface area contributed by atoms with Crippen LogP contribution < -0.4 is 0 Å². The van der Waals surface area contributed by atoms with Crippen LogP contribution in [0, 0.1) is 0 Å². The molecule has 0 aliphatic rings. The number of aromatic nitrogens is 3. The van der Waals surface area contributed by atoms with E-state index in [0.29, 0.717) is 17.5 Å². The summed E-state index contributed by atoms with van der Waals surface area (Å²) in [5.74, 6) is 1.85. The molecular weight excluding hydrogens is 574 g/mol. The fourth-order valence-corrected chi connectivity index (χ4v) is 6.58. The lowest BCUT2D eigenvalue weighted by atomic mass is 9.94. The number of benzene rings is 7. The van der Waals surface area contributed by atoms with Crippen LogP contribution in [0.3, 0.4) is 0 Å². The summed E-state index contributed by atoms with van der Waals surface area (Å²) in [5, 5.41) is 4.25. The Bertz CT molecular complexity index is 2560. The van der Waals surface area contributed by atoms with Gasteiger partial charge in [0.05, 0.1) is 0 Å². The predicted molar refractivity (Wildman–Crippen MR) is 192 cm³/mol. The first-order chi connectivity index (χ1) is 23.3. The number of hydrogen-bond donors (Lipinski definition) is 0. The van der Waals surface area contributed by atoms with E-state index in [-0.39, 0.29) is 0 Å². The third-order valence-electron chi connectivity index (χ3n) is 8.77. The fraction of sp³-hybridized carbons (Fsp3) is 0. The molecule has 0 N–H and O–H groups in total. The van der Waals surface area contributed by atoms with E-state index < -0.39 is 0 Å². The molecule has 2 aromatic heterocycles. The molecule has 0 saturated heterocycles. The molecule has 0 fully saturated rings. The number of nitrogens with zero attached hydrogens (tertiary/aromatic N) is 3. The van der Waals surface area contributed by atoms with Gasteiger partial charge in [-0.05, 0) is 39.6 Å². The highest BCUT2D eigenvalue weighted by molar-refractivity contribution is 6.15. The molecule has 4 heteroatoms. The van der Waals surface area contributed by atoms with Crippen LogP contribution in [-0.4, -0.2) is 15.0 Å². The normalized spacial score (nSPS) is 11.4. The van der Waals surface area contributed by atoms with Gasteiger partial charge in [-0.15, -0.1) is 0 Å². The van der Waals surface area contributed by atoms with E-state index >= 15 is 0 Å². The van der Waals surface area contributed by atoms with Crippen LogP contribution in [-0.2, 0) is 0 Å². The summed E-state index contributed by atoms with van der Waals surface area (Å²) in [6.45, 7) is 0. The van der Waals surface area contributed by atoms with Crippen molar-refractivity contribution in [3.05, 3.63) is 164 Å². The summed E-state index contributed by atoms with van der Waals surface area (Å²) in [6.07, 6.45) is 0. The number of fused-ring (bicyclic) bond motifs is 4. The molecule has 0 amide bonds. The van der Waals surface area contributed by atoms with Gasteiger partial charge in [-0.2, -0.15) is 0 Å². The molecule has 0 atom stereocenters. The molecule has 0 spiro atoms. The molecule has 0 bridgehead atoms. The van der Waals surface area contributed by atoms with Crippen LogP contribution in [0.15, 0.2) is 168 Å². The molecule has 9 rings (SSSR count). The Hall–Kier alpha value is -6.39. The molecule has 7 aromatic carbocycles. The minimum atomic E-state index is 0.600. The Morgan fingerprint density at radius 1 is 0.319 bits per heavy atom. The number of rotatable bonds is 5. The average molecular weight is 602 g/mol.